The van der Waals surface area contributed by atoms with E-state index in [1.54, 1.807) is 21.9 Å². The smallest absolute Gasteiger partial charge is 0.370 e. The Bertz CT molecular complexity index is 1070. The first-order valence-electron chi connectivity index (χ1n) is 10.6. The molecule has 0 bridgehead atoms. The highest BCUT2D eigenvalue weighted by Gasteiger charge is 2.43. The normalized spacial score (nSPS) is 21.8. The van der Waals surface area contributed by atoms with Gasteiger partial charge < -0.3 is 15.5 Å². The zero-order valence-corrected chi connectivity index (χ0v) is 17.7. The minimum absolute atomic E-state index is 0.110. The average molecular weight is 460 g/mol. The molecule has 11 heteroatoms. The first-order chi connectivity index (χ1) is 15.7. The lowest BCUT2D eigenvalue weighted by Gasteiger charge is -2.35. The molecule has 0 spiro atoms. The Morgan fingerprint density at radius 2 is 1.91 bits per heavy atom. The molecule has 1 aromatic heterocycles. The molecule has 2 atom stereocenters. The number of aromatic amines is 1. The zero-order chi connectivity index (χ0) is 23.8. The van der Waals surface area contributed by atoms with Crippen molar-refractivity contribution < 1.29 is 22.8 Å². The Kier molecular flexibility index (Phi) is 6.01. The molecule has 8 nitrogen and oxygen atoms in total. The highest BCUT2D eigenvalue weighted by atomic mass is 19.4. The quantitative estimate of drug-likeness (QED) is 0.726. The number of hydrogen-bond acceptors (Lipinski definition) is 5. The summed E-state index contributed by atoms with van der Waals surface area (Å²) in [4.78, 5) is 28.2. The average Bonchev–Trinajstić information content (AvgIpc) is 3.48. The summed E-state index contributed by atoms with van der Waals surface area (Å²) in [5.41, 5.74) is 4.94. The summed E-state index contributed by atoms with van der Waals surface area (Å²) in [6.07, 6.45) is -1.80. The summed E-state index contributed by atoms with van der Waals surface area (Å²) in [5.74, 6) is -1.14. The fourth-order valence-corrected chi connectivity index (χ4v) is 4.96. The van der Waals surface area contributed by atoms with Crippen molar-refractivity contribution in [1.82, 2.24) is 15.1 Å². The molecule has 1 aromatic carbocycles. The van der Waals surface area contributed by atoms with Gasteiger partial charge in [-0.15, -0.1) is 0 Å². The van der Waals surface area contributed by atoms with Crippen LogP contribution < -0.4 is 10.6 Å². The molecule has 0 aliphatic carbocycles. The standard InChI is InChI=1S/C22H23F3N6O2/c23-22(24,25)18-9-15(2-1-14(18)10-26)31-11-16(17(12-31)20(27)32)13-4-7-30(8-5-13)21(33)19-3-6-28-29-19/h1-3,6,9,13,16-17H,4-5,7-8,11-12H2,(H2,27,32)(H,28,29)/t16-,17+/m0/s1. The minimum Gasteiger partial charge on any atom is -0.370 e. The molecule has 3 heterocycles. The van der Waals surface area contributed by atoms with Gasteiger partial charge >= 0.3 is 6.18 Å². The predicted molar refractivity (Wildman–Crippen MR) is 112 cm³/mol. The lowest BCUT2D eigenvalue weighted by atomic mass is 9.78. The number of rotatable bonds is 4. The number of alkyl halides is 3. The molecule has 33 heavy (non-hydrogen) atoms. The van der Waals surface area contributed by atoms with Crippen LogP contribution in [0.3, 0.4) is 0 Å². The van der Waals surface area contributed by atoms with Gasteiger partial charge in [0.25, 0.3) is 5.91 Å². The number of carbonyl (C=O) groups is 2. The lowest BCUT2D eigenvalue weighted by molar-refractivity contribution is -0.137. The summed E-state index contributed by atoms with van der Waals surface area (Å²) >= 11 is 0. The fraction of sp³-hybridized carbons (Fsp3) is 0.455. The van der Waals surface area contributed by atoms with Crippen molar-refractivity contribution in [3.63, 3.8) is 0 Å². The van der Waals surface area contributed by atoms with E-state index in [4.69, 9.17) is 11.0 Å². The van der Waals surface area contributed by atoms with E-state index < -0.39 is 29.1 Å². The molecular formula is C22H23F3N6O2. The van der Waals surface area contributed by atoms with E-state index in [-0.39, 0.29) is 24.3 Å². The molecular weight excluding hydrogens is 437 g/mol. The second-order valence-electron chi connectivity index (χ2n) is 8.52. The number of hydrogen-bond donors (Lipinski definition) is 2. The van der Waals surface area contributed by atoms with E-state index in [1.165, 1.54) is 12.3 Å². The van der Waals surface area contributed by atoms with E-state index in [9.17, 15) is 22.8 Å². The van der Waals surface area contributed by atoms with Gasteiger partial charge in [0.2, 0.25) is 5.91 Å². The van der Waals surface area contributed by atoms with Crippen molar-refractivity contribution >= 4 is 17.5 Å². The highest BCUT2D eigenvalue weighted by molar-refractivity contribution is 5.92. The van der Waals surface area contributed by atoms with Crippen LogP contribution in [0.25, 0.3) is 0 Å². The third-order valence-corrected chi connectivity index (χ3v) is 6.69. The van der Waals surface area contributed by atoms with Crippen molar-refractivity contribution in [3.05, 3.63) is 47.3 Å². The molecule has 174 valence electrons. The number of primary amides is 1. The SMILES string of the molecule is N#Cc1ccc(N2C[C@@H](C(N)=O)[C@H](C3CCN(C(=O)c4ccn[nH]4)CC3)C2)cc1C(F)(F)F. The number of likely N-dealkylation sites (tertiary alicyclic amines) is 1. The van der Waals surface area contributed by atoms with Crippen molar-refractivity contribution in [1.29, 1.82) is 5.26 Å². The van der Waals surface area contributed by atoms with Crippen LogP contribution in [-0.2, 0) is 11.0 Å². The molecule has 0 radical (unpaired) electrons. The van der Waals surface area contributed by atoms with Crippen LogP contribution in [0.1, 0.15) is 34.5 Å². The van der Waals surface area contributed by atoms with Gasteiger partial charge in [-0.1, -0.05) is 0 Å². The predicted octanol–water partition coefficient (Wildman–Crippen LogP) is 2.39. The second-order valence-corrected chi connectivity index (χ2v) is 8.52. The Labute approximate surface area is 188 Å². The van der Waals surface area contributed by atoms with Gasteiger partial charge in [0.05, 0.1) is 23.1 Å². The number of nitriles is 1. The Hall–Kier alpha value is -3.55. The third-order valence-electron chi connectivity index (χ3n) is 6.69. The van der Waals surface area contributed by atoms with Crippen LogP contribution in [0.5, 0.6) is 0 Å². The molecule has 0 saturated carbocycles. The molecule has 2 aromatic rings. The van der Waals surface area contributed by atoms with Gasteiger partial charge in [0.15, 0.2) is 0 Å². The van der Waals surface area contributed by atoms with Gasteiger partial charge in [-0.25, -0.2) is 0 Å². The Morgan fingerprint density at radius 1 is 1.18 bits per heavy atom. The maximum atomic E-state index is 13.4. The van der Waals surface area contributed by atoms with Crippen molar-refractivity contribution in [2.45, 2.75) is 19.0 Å². The number of carbonyl (C=O) groups excluding carboxylic acids is 2. The number of nitrogens with two attached hydrogens (primary N) is 1. The highest BCUT2D eigenvalue weighted by Crippen LogP contribution is 2.40. The van der Waals surface area contributed by atoms with Crippen molar-refractivity contribution in [2.75, 3.05) is 31.1 Å². The number of anilines is 1. The van der Waals surface area contributed by atoms with Crippen LogP contribution in [0.2, 0.25) is 0 Å². The van der Waals surface area contributed by atoms with Crippen LogP contribution >= 0.6 is 0 Å². The fourth-order valence-electron chi connectivity index (χ4n) is 4.96. The van der Waals surface area contributed by atoms with Crippen LogP contribution in [0.15, 0.2) is 30.5 Å². The first-order valence-corrected chi connectivity index (χ1v) is 10.6. The molecule has 2 aliphatic rings. The van der Waals surface area contributed by atoms with E-state index in [0.717, 1.165) is 12.1 Å². The molecule has 0 unspecified atom stereocenters. The third kappa shape index (κ3) is 4.51. The minimum atomic E-state index is -4.66. The summed E-state index contributed by atoms with van der Waals surface area (Å²) in [7, 11) is 0. The summed E-state index contributed by atoms with van der Waals surface area (Å²) in [6, 6.07) is 6.78. The summed E-state index contributed by atoms with van der Waals surface area (Å²) in [6.45, 7) is 1.63. The molecule has 2 aliphatic heterocycles. The number of halogens is 3. The van der Waals surface area contributed by atoms with E-state index >= 15 is 0 Å². The number of amides is 2. The summed E-state index contributed by atoms with van der Waals surface area (Å²) in [5, 5.41) is 15.5. The number of aromatic nitrogens is 2. The number of H-pyrrole nitrogens is 1. The van der Waals surface area contributed by atoms with Gasteiger partial charge in [-0.05, 0) is 48.9 Å². The van der Waals surface area contributed by atoms with Crippen LogP contribution in [-0.4, -0.2) is 53.1 Å². The van der Waals surface area contributed by atoms with Crippen molar-refractivity contribution in [2.24, 2.45) is 23.5 Å². The van der Waals surface area contributed by atoms with Gasteiger partial charge in [0.1, 0.15) is 5.69 Å². The summed E-state index contributed by atoms with van der Waals surface area (Å²) < 4.78 is 40.2. The number of benzene rings is 1. The monoisotopic (exact) mass is 460 g/mol. The maximum Gasteiger partial charge on any atom is 0.417 e. The van der Waals surface area contributed by atoms with Gasteiger partial charge in [0, 0.05) is 38.1 Å². The second kappa shape index (κ2) is 8.77. The largest absolute Gasteiger partial charge is 0.417 e. The molecule has 2 fully saturated rings. The number of piperidine rings is 1. The van der Waals surface area contributed by atoms with E-state index in [1.807, 2.05) is 0 Å². The van der Waals surface area contributed by atoms with Crippen molar-refractivity contribution in [3.8, 4) is 6.07 Å². The molecule has 2 amide bonds. The zero-order valence-electron chi connectivity index (χ0n) is 17.7. The Balaban J connectivity index is 1.49. The van der Waals surface area contributed by atoms with E-state index in [0.29, 0.717) is 43.9 Å². The maximum absolute atomic E-state index is 13.4. The van der Waals surface area contributed by atoms with Gasteiger partial charge in [-0.2, -0.15) is 23.5 Å². The van der Waals surface area contributed by atoms with Crippen LogP contribution in [0.4, 0.5) is 18.9 Å². The Morgan fingerprint density at radius 3 is 2.48 bits per heavy atom. The van der Waals surface area contributed by atoms with Crippen LogP contribution in [0, 0.1) is 29.1 Å². The topological polar surface area (TPSA) is 119 Å². The number of nitrogens with zero attached hydrogens (tertiary/aromatic N) is 4. The van der Waals surface area contributed by atoms with Gasteiger partial charge in [-0.3, -0.25) is 14.7 Å². The molecule has 4 rings (SSSR count). The first kappa shape index (κ1) is 22.6. The number of nitrogens with one attached hydrogen (secondary N) is 1. The lowest BCUT2D eigenvalue weighted by Crippen LogP contribution is -2.42. The molecule has 2 saturated heterocycles. The molecule has 3 N–H and O–H groups in total. The van der Waals surface area contributed by atoms with E-state index in [2.05, 4.69) is 10.2 Å².